The third kappa shape index (κ3) is 3.22. The van der Waals surface area contributed by atoms with Gasteiger partial charge in [0.25, 0.3) is 0 Å². The van der Waals surface area contributed by atoms with E-state index >= 15 is 0 Å². The van der Waals surface area contributed by atoms with E-state index in [9.17, 15) is 0 Å². The minimum Gasteiger partial charge on any atom is -0.419 e. The molecule has 0 aliphatic heterocycles. The van der Waals surface area contributed by atoms with E-state index in [0.29, 0.717) is 11.8 Å². The highest BCUT2D eigenvalue weighted by Gasteiger charge is 2.17. The zero-order valence-corrected chi connectivity index (χ0v) is 13.7. The van der Waals surface area contributed by atoms with E-state index in [0.717, 1.165) is 5.56 Å². The van der Waals surface area contributed by atoms with Crippen molar-refractivity contribution in [2.75, 3.05) is 0 Å². The summed E-state index contributed by atoms with van der Waals surface area (Å²) in [6.45, 7) is 6.32. The maximum absolute atomic E-state index is 5.83. The number of nitrogens with zero attached hydrogens (tertiary/aromatic N) is 2. The molecule has 0 aliphatic carbocycles. The van der Waals surface area contributed by atoms with Gasteiger partial charge in [0, 0.05) is 10.5 Å². The lowest BCUT2D eigenvalue weighted by Gasteiger charge is -2.10. The quantitative estimate of drug-likeness (QED) is 0.620. The molecule has 1 heterocycles. The predicted octanol–water partition coefficient (Wildman–Crippen LogP) is 5.21. The molecule has 0 bridgehead atoms. The van der Waals surface area contributed by atoms with Crippen molar-refractivity contribution < 1.29 is 4.42 Å². The normalized spacial score (nSPS) is 12.3. The summed E-state index contributed by atoms with van der Waals surface area (Å²) >= 11 is 1.75. The Morgan fingerprint density at radius 2 is 1.77 bits per heavy atom. The van der Waals surface area contributed by atoms with E-state index in [1.807, 2.05) is 30.3 Å². The molecule has 4 heteroatoms. The number of hydrogen-bond acceptors (Lipinski definition) is 4. The smallest absolute Gasteiger partial charge is 0.247 e. The van der Waals surface area contributed by atoms with E-state index in [2.05, 4.69) is 49.2 Å². The average molecular weight is 310 g/mol. The van der Waals surface area contributed by atoms with Gasteiger partial charge in [-0.15, -0.1) is 22.0 Å². The second kappa shape index (κ2) is 6.36. The Morgan fingerprint density at radius 1 is 1.00 bits per heavy atom. The van der Waals surface area contributed by atoms with Crippen molar-refractivity contribution in [2.24, 2.45) is 0 Å². The molecule has 3 nitrogen and oxygen atoms in total. The minimum absolute atomic E-state index is 0.116. The molecule has 0 amide bonds. The fraction of sp³-hybridized carbons (Fsp3) is 0.222. The molecule has 0 N–H and O–H groups in total. The third-order valence-electron chi connectivity index (χ3n) is 3.46. The SMILES string of the molecule is Cc1ccc(C)c(SC(C)c2nnc(-c3ccccc3)o2)c1. The highest BCUT2D eigenvalue weighted by molar-refractivity contribution is 7.99. The van der Waals surface area contributed by atoms with Gasteiger partial charge in [-0.3, -0.25) is 0 Å². The van der Waals surface area contributed by atoms with Crippen LogP contribution in [0.4, 0.5) is 0 Å². The molecule has 0 saturated heterocycles. The van der Waals surface area contributed by atoms with Gasteiger partial charge in [-0.25, -0.2) is 0 Å². The van der Waals surface area contributed by atoms with Gasteiger partial charge >= 0.3 is 0 Å². The van der Waals surface area contributed by atoms with Crippen molar-refractivity contribution in [1.29, 1.82) is 0 Å². The van der Waals surface area contributed by atoms with Crippen LogP contribution in [0.3, 0.4) is 0 Å². The minimum atomic E-state index is 0.116. The van der Waals surface area contributed by atoms with Gasteiger partial charge < -0.3 is 4.42 Å². The van der Waals surface area contributed by atoms with Gasteiger partial charge in [-0.05, 0) is 44.5 Å². The van der Waals surface area contributed by atoms with Crippen molar-refractivity contribution >= 4 is 11.8 Å². The van der Waals surface area contributed by atoms with Crippen LogP contribution < -0.4 is 0 Å². The van der Waals surface area contributed by atoms with E-state index < -0.39 is 0 Å². The molecule has 112 valence electrons. The van der Waals surface area contributed by atoms with Crippen molar-refractivity contribution in [2.45, 2.75) is 30.9 Å². The zero-order chi connectivity index (χ0) is 15.5. The van der Waals surface area contributed by atoms with Crippen LogP contribution in [0, 0.1) is 13.8 Å². The van der Waals surface area contributed by atoms with Gasteiger partial charge in [0.15, 0.2) is 0 Å². The largest absolute Gasteiger partial charge is 0.419 e. The van der Waals surface area contributed by atoms with Crippen LogP contribution in [0.5, 0.6) is 0 Å². The summed E-state index contributed by atoms with van der Waals surface area (Å²) in [7, 11) is 0. The fourth-order valence-corrected chi connectivity index (χ4v) is 3.26. The van der Waals surface area contributed by atoms with E-state index in [-0.39, 0.29) is 5.25 Å². The second-order valence-corrected chi connectivity index (χ2v) is 6.72. The number of benzene rings is 2. The van der Waals surface area contributed by atoms with E-state index in [1.54, 1.807) is 11.8 Å². The molecule has 0 radical (unpaired) electrons. The highest BCUT2D eigenvalue weighted by Crippen LogP contribution is 2.37. The van der Waals surface area contributed by atoms with Crippen molar-refractivity contribution in [3.63, 3.8) is 0 Å². The number of aryl methyl sites for hydroxylation is 2. The first-order valence-electron chi connectivity index (χ1n) is 7.26. The van der Waals surface area contributed by atoms with E-state index in [4.69, 9.17) is 4.42 Å². The fourth-order valence-electron chi connectivity index (χ4n) is 2.17. The Kier molecular flexibility index (Phi) is 4.29. The maximum Gasteiger partial charge on any atom is 0.247 e. The number of thioether (sulfide) groups is 1. The zero-order valence-electron chi connectivity index (χ0n) is 12.9. The van der Waals surface area contributed by atoms with Crippen LogP contribution in [0.1, 0.15) is 29.2 Å². The summed E-state index contributed by atoms with van der Waals surface area (Å²) in [5.41, 5.74) is 3.48. The third-order valence-corrected chi connectivity index (χ3v) is 4.71. The van der Waals surface area contributed by atoms with Gasteiger partial charge in [0.2, 0.25) is 11.8 Å². The maximum atomic E-state index is 5.83. The molecule has 1 unspecified atom stereocenters. The summed E-state index contributed by atoms with van der Waals surface area (Å²) in [5, 5.41) is 8.48. The van der Waals surface area contributed by atoms with Crippen LogP contribution in [-0.2, 0) is 0 Å². The molecule has 2 aromatic carbocycles. The Morgan fingerprint density at radius 3 is 2.55 bits per heavy atom. The lowest BCUT2D eigenvalue weighted by atomic mass is 10.2. The Bertz CT molecular complexity index is 768. The van der Waals surface area contributed by atoms with E-state index in [1.165, 1.54) is 16.0 Å². The standard InChI is InChI=1S/C18H18N2OS/c1-12-9-10-13(2)16(11-12)22-14(3)17-19-20-18(21-17)15-7-5-4-6-8-15/h4-11,14H,1-3H3. The van der Waals surface area contributed by atoms with Gasteiger partial charge in [-0.2, -0.15) is 0 Å². The number of hydrogen-bond donors (Lipinski definition) is 0. The molecule has 22 heavy (non-hydrogen) atoms. The summed E-state index contributed by atoms with van der Waals surface area (Å²) in [5.74, 6) is 1.23. The predicted molar refractivity (Wildman–Crippen MR) is 89.9 cm³/mol. The Hall–Kier alpha value is -2.07. The van der Waals surface area contributed by atoms with Crippen LogP contribution in [0.15, 0.2) is 57.8 Å². The summed E-state index contributed by atoms with van der Waals surface area (Å²) in [6, 6.07) is 16.3. The van der Waals surface area contributed by atoms with Crippen molar-refractivity contribution in [3.8, 4) is 11.5 Å². The topological polar surface area (TPSA) is 38.9 Å². The van der Waals surface area contributed by atoms with Gasteiger partial charge in [0.1, 0.15) is 0 Å². The van der Waals surface area contributed by atoms with Crippen LogP contribution in [0.25, 0.3) is 11.5 Å². The lowest BCUT2D eigenvalue weighted by Crippen LogP contribution is -1.90. The molecule has 3 rings (SSSR count). The van der Waals surface area contributed by atoms with Crippen LogP contribution in [-0.4, -0.2) is 10.2 Å². The monoisotopic (exact) mass is 310 g/mol. The summed E-state index contributed by atoms with van der Waals surface area (Å²) < 4.78 is 5.83. The highest BCUT2D eigenvalue weighted by atomic mass is 32.2. The van der Waals surface area contributed by atoms with Crippen molar-refractivity contribution in [3.05, 3.63) is 65.5 Å². The van der Waals surface area contributed by atoms with Crippen LogP contribution >= 0.6 is 11.8 Å². The molecule has 0 spiro atoms. The summed E-state index contributed by atoms with van der Waals surface area (Å²) in [6.07, 6.45) is 0. The number of rotatable bonds is 4. The van der Waals surface area contributed by atoms with Gasteiger partial charge in [-0.1, -0.05) is 35.9 Å². The molecular weight excluding hydrogens is 292 g/mol. The molecule has 0 aliphatic rings. The second-order valence-electron chi connectivity index (χ2n) is 5.34. The Balaban J connectivity index is 1.80. The number of aromatic nitrogens is 2. The van der Waals surface area contributed by atoms with Crippen LogP contribution in [0.2, 0.25) is 0 Å². The molecular formula is C18H18N2OS. The molecule has 1 aromatic heterocycles. The van der Waals surface area contributed by atoms with Gasteiger partial charge in [0.05, 0.1) is 5.25 Å². The first kappa shape index (κ1) is 14.9. The first-order chi connectivity index (χ1) is 10.6. The molecule has 0 saturated carbocycles. The molecule has 0 fully saturated rings. The summed E-state index contributed by atoms with van der Waals surface area (Å²) in [4.78, 5) is 1.26. The molecule has 3 aromatic rings. The first-order valence-corrected chi connectivity index (χ1v) is 8.14. The Labute approximate surface area is 134 Å². The van der Waals surface area contributed by atoms with Crippen molar-refractivity contribution in [1.82, 2.24) is 10.2 Å². The lowest BCUT2D eigenvalue weighted by molar-refractivity contribution is 0.509. The molecule has 1 atom stereocenters. The average Bonchev–Trinajstić information content (AvgIpc) is 3.02.